The van der Waals surface area contributed by atoms with E-state index in [2.05, 4.69) is 5.10 Å². The zero-order chi connectivity index (χ0) is 15.7. The molecule has 0 saturated heterocycles. The third-order valence-electron chi connectivity index (χ3n) is 3.09. The molecule has 0 atom stereocenters. The van der Waals surface area contributed by atoms with Gasteiger partial charge in [0.25, 0.3) is 0 Å². The summed E-state index contributed by atoms with van der Waals surface area (Å²) in [5.74, 6) is -3.01. The second-order valence-corrected chi connectivity index (χ2v) is 4.45. The fourth-order valence-electron chi connectivity index (χ4n) is 2.07. The fourth-order valence-corrected chi connectivity index (χ4v) is 2.07. The maximum atomic E-state index is 14.2. The van der Waals surface area contributed by atoms with Gasteiger partial charge in [-0.05, 0) is 18.2 Å². The molecule has 112 valence electrons. The minimum absolute atomic E-state index is 0.0460. The summed E-state index contributed by atoms with van der Waals surface area (Å²) in [6, 6.07) is 7.12. The topological polar surface area (TPSA) is 41.9 Å². The molecule has 2 aromatic carbocycles. The summed E-state index contributed by atoms with van der Waals surface area (Å²) in [4.78, 5) is 11.5. The van der Waals surface area contributed by atoms with Crippen molar-refractivity contribution in [3.63, 3.8) is 0 Å². The fraction of sp³-hybridized carbons (Fsp3) is 0.0667. The summed E-state index contributed by atoms with van der Waals surface area (Å²) in [7, 11) is 0. The maximum Gasteiger partial charge on any atom is 0.435 e. The van der Waals surface area contributed by atoms with E-state index in [9.17, 15) is 18.0 Å². The Kier molecular flexibility index (Phi) is 3.54. The zero-order valence-electron chi connectivity index (χ0n) is 11.1. The van der Waals surface area contributed by atoms with Gasteiger partial charge in [0.05, 0.1) is 11.9 Å². The van der Waals surface area contributed by atoms with Crippen LogP contribution in [0.1, 0.15) is 0 Å². The lowest BCUT2D eigenvalue weighted by atomic mass is 10.0. The number of benzene rings is 2. The first-order valence-electron chi connectivity index (χ1n) is 6.31. The number of cyclic esters (lactones) is 1. The standard InChI is InChI=1S/C15H9F3N2O2/c16-12-3-1-2-11(14(12)18)10-5-4-9(8-13(10)17)20-15(21)22-7-6-19-20/h1-6,8H,7H2. The number of anilines is 1. The molecule has 3 rings (SSSR count). The van der Waals surface area contributed by atoms with Gasteiger partial charge in [0.1, 0.15) is 12.4 Å². The summed E-state index contributed by atoms with van der Waals surface area (Å²) >= 11 is 0. The molecule has 2 aromatic rings. The molecular weight excluding hydrogens is 297 g/mol. The van der Waals surface area contributed by atoms with Crippen LogP contribution in [-0.4, -0.2) is 18.9 Å². The van der Waals surface area contributed by atoms with Crippen LogP contribution in [0.3, 0.4) is 0 Å². The Labute approximate surface area is 123 Å². The second kappa shape index (κ2) is 5.51. The highest BCUT2D eigenvalue weighted by molar-refractivity contribution is 5.91. The van der Waals surface area contributed by atoms with Gasteiger partial charge in [-0.3, -0.25) is 0 Å². The Morgan fingerprint density at radius 2 is 1.86 bits per heavy atom. The number of ether oxygens (including phenoxy) is 1. The number of hydrazone groups is 1. The van der Waals surface area contributed by atoms with Gasteiger partial charge in [-0.15, -0.1) is 0 Å². The van der Waals surface area contributed by atoms with Crippen LogP contribution in [0.2, 0.25) is 0 Å². The highest BCUT2D eigenvalue weighted by atomic mass is 19.2. The number of carbonyl (C=O) groups excluding carboxylic acids is 1. The molecule has 0 N–H and O–H groups in total. The lowest BCUT2D eigenvalue weighted by Crippen LogP contribution is -2.31. The van der Waals surface area contributed by atoms with Crippen molar-refractivity contribution in [1.29, 1.82) is 0 Å². The predicted octanol–water partition coefficient (Wildman–Crippen LogP) is 3.71. The van der Waals surface area contributed by atoms with Crippen molar-refractivity contribution < 1.29 is 22.7 Å². The van der Waals surface area contributed by atoms with E-state index in [0.29, 0.717) is 0 Å². The monoisotopic (exact) mass is 306 g/mol. The lowest BCUT2D eigenvalue weighted by molar-refractivity contribution is 0.167. The Morgan fingerprint density at radius 3 is 2.59 bits per heavy atom. The van der Waals surface area contributed by atoms with Crippen LogP contribution in [0.15, 0.2) is 41.5 Å². The molecule has 0 saturated carbocycles. The minimum atomic E-state index is -1.13. The van der Waals surface area contributed by atoms with E-state index in [1.165, 1.54) is 30.5 Å². The van der Waals surface area contributed by atoms with Crippen molar-refractivity contribution in [3.8, 4) is 11.1 Å². The Morgan fingerprint density at radius 1 is 1.05 bits per heavy atom. The average Bonchev–Trinajstić information content (AvgIpc) is 2.51. The summed E-state index contributed by atoms with van der Waals surface area (Å²) in [6.45, 7) is 0.0460. The van der Waals surface area contributed by atoms with Crippen LogP contribution in [0.4, 0.5) is 23.7 Å². The molecule has 1 aliphatic heterocycles. The van der Waals surface area contributed by atoms with Gasteiger partial charge in [-0.1, -0.05) is 12.1 Å². The van der Waals surface area contributed by atoms with Gasteiger partial charge in [0.15, 0.2) is 11.6 Å². The van der Waals surface area contributed by atoms with Crippen molar-refractivity contribution >= 4 is 18.0 Å². The molecule has 0 spiro atoms. The molecule has 0 fully saturated rings. The molecule has 0 radical (unpaired) electrons. The molecule has 0 unspecified atom stereocenters. The minimum Gasteiger partial charge on any atom is -0.442 e. The van der Waals surface area contributed by atoms with Crippen LogP contribution in [0.5, 0.6) is 0 Å². The highest BCUT2D eigenvalue weighted by Gasteiger charge is 2.21. The lowest BCUT2D eigenvalue weighted by Gasteiger charge is -2.20. The number of hydrogen-bond acceptors (Lipinski definition) is 3. The number of nitrogens with zero attached hydrogens (tertiary/aromatic N) is 2. The molecule has 1 amide bonds. The first-order valence-corrected chi connectivity index (χ1v) is 6.31. The zero-order valence-corrected chi connectivity index (χ0v) is 11.1. The van der Waals surface area contributed by atoms with Crippen LogP contribution in [0.25, 0.3) is 11.1 Å². The van der Waals surface area contributed by atoms with Crippen LogP contribution in [0, 0.1) is 17.5 Å². The van der Waals surface area contributed by atoms with Crippen molar-refractivity contribution in [2.45, 2.75) is 0 Å². The Bertz CT molecular complexity index is 777. The molecule has 1 aliphatic rings. The van der Waals surface area contributed by atoms with E-state index in [1.807, 2.05) is 0 Å². The van der Waals surface area contributed by atoms with Crippen molar-refractivity contribution in [2.24, 2.45) is 5.10 Å². The number of hydrogen-bond donors (Lipinski definition) is 0. The normalized spacial score (nSPS) is 14.1. The van der Waals surface area contributed by atoms with E-state index in [0.717, 1.165) is 17.1 Å². The van der Waals surface area contributed by atoms with E-state index in [4.69, 9.17) is 4.74 Å². The van der Waals surface area contributed by atoms with E-state index in [1.54, 1.807) is 0 Å². The van der Waals surface area contributed by atoms with Gasteiger partial charge >= 0.3 is 6.09 Å². The van der Waals surface area contributed by atoms with E-state index >= 15 is 0 Å². The van der Waals surface area contributed by atoms with Crippen molar-refractivity contribution in [3.05, 3.63) is 53.8 Å². The first kappa shape index (κ1) is 14.1. The average molecular weight is 306 g/mol. The summed E-state index contributed by atoms with van der Waals surface area (Å²) in [6.07, 6.45) is 0.603. The summed E-state index contributed by atoms with van der Waals surface area (Å²) in [5, 5.41) is 4.66. The third kappa shape index (κ3) is 2.41. The molecule has 0 aromatic heterocycles. The van der Waals surface area contributed by atoms with Crippen molar-refractivity contribution in [1.82, 2.24) is 0 Å². The van der Waals surface area contributed by atoms with Crippen LogP contribution >= 0.6 is 0 Å². The third-order valence-corrected chi connectivity index (χ3v) is 3.09. The second-order valence-electron chi connectivity index (χ2n) is 4.45. The molecule has 0 aliphatic carbocycles. The maximum absolute atomic E-state index is 14.2. The Balaban J connectivity index is 2.03. The van der Waals surface area contributed by atoms with Crippen LogP contribution < -0.4 is 5.01 Å². The number of carbonyl (C=O) groups is 1. The van der Waals surface area contributed by atoms with Gasteiger partial charge in [0.2, 0.25) is 0 Å². The molecule has 4 nitrogen and oxygen atoms in total. The molecule has 1 heterocycles. The number of halogens is 3. The van der Waals surface area contributed by atoms with E-state index < -0.39 is 23.5 Å². The number of amides is 1. The van der Waals surface area contributed by atoms with Gasteiger partial charge < -0.3 is 4.74 Å². The smallest absolute Gasteiger partial charge is 0.435 e. The molecule has 7 heteroatoms. The van der Waals surface area contributed by atoms with Crippen molar-refractivity contribution in [2.75, 3.05) is 11.6 Å². The highest BCUT2D eigenvalue weighted by Crippen LogP contribution is 2.30. The summed E-state index contributed by atoms with van der Waals surface area (Å²) in [5.41, 5.74) is -0.192. The van der Waals surface area contributed by atoms with Gasteiger partial charge in [-0.2, -0.15) is 10.1 Å². The predicted molar refractivity (Wildman–Crippen MR) is 74.1 cm³/mol. The first-order chi connectivity index (χ1) is 10.6. The molecule has 0 bridgehead atoms. The Hall–Kier alpha value is -2.83. The van der Waals surface area contributed by atoms with Gasteiger partial charge in [0, 0.05) is 17.2 Å². The van der Waals surface area contributed by atoms with Gasteiger partial charge in [-0.25, -0.2) is 18.0 Å². The number of rotatable bonds is 2. The van der Waals surface area contributed by atoms with Crippen LogP contribution in [-0.2, 0) is 4.74 Å². The quantitative estimate of drug-likeness (QED) is 0.848. The molecule has 22 heavy (non-hydrogen) atoms. The SMILES string of the molecule is O=C1OCC=NN1c1ccc(-c2cccc(F)c2F)c(F)c1. The van der Waals surface area contributed by atoms with E-state index in [-0.39, 0.29) is 23.4 Å². The summed E-state index contributed by atoms with van der Waals surface area (Å²) < 4.78 is 45.9. The largest absolute Gasteiger partial charge is 0.442 e. The molecular formula is C15H9F3N2O2.